The molecule has 1 saturated carbocycles. The van der Waals surface area contributed by atoms with Crippen LogP contribution in [0.2, 0.25) is 0 Å². The van der Waals surface area contributed by atoms with Crippen LogP contribution in [0.5, 0.6) is 0 Å². The molecule has 2 N–H and O–H groups in total. The van der Waals surface area contributed by atoms with Gasteiger partial charge in [0.05, 0.1) is 6.54 Å². The van der Waals surface area contributed by atoms with Crippen LogP contribution in [0, 0.1) is 0 Å². The SMILES string of the molecule is CN=C(NCc1ccn(C)c1)NCc1nc(C2CC2)no1. The second-order valence-electron chi connectivity index (χ2n) is 5.29. The molecule has 21 heavy (non-hydrogen) atoms. The van der Waals surface area contributed by atoms with Crippen molar-refractivity contribution in [1.29, 1.82) is 0 Å². The summed E-state index contributed by atoms with van der Waals surface area (Å²) >= 11 is 0. The minimum Gasteiger partial charge on any atom is -0.357 e. The van der Waals surface area contributed by atoms with Crippen LogP contribution < -0.4 is 10.6 Å². The van der Waals surface area contributed by atoms with Crippen molar-refractivity contribution in [3.05, 3.63) is 35.7 Å². The Morgan fingerprint density at radius 3 is 2.90 bits per heavy atom. The first-order chi connectivity index (χ1) is 10.2. The molecule has 1 fully saturated rings. The summed E-state index contributed by atoms with van der Waals surface area (Å²) in [5, 5.41) is 10.4. The summed E-state index contributed by atoms with van der Waals surface area (Å²) in [7, 11) is 3.74. The summed E-state index contributed by atoms with van der Waals surface area (Å²) in [5.74, 6) is 2.65. The summed E-state index contributed by atoms with van der Waals surface area (Å²) in [6.07, 6.45) is 6.44. The second-order valence-corrected chi connectivity index (χ2v) is 5.29. The molecule has 7 nitrogen and oxygen atoms in total. The van der Waals surface area contributed by atoms with E-state index in [2.05, 4.69) is 38.0 Å². The number of aliphatic imine (C=N–C) groups is 1. The molecule has 0 unspecified atom stereocenters. The first-order valence-corrected chi connectivity index (χ1v) is 7.12. The lowest BCUT2D eigenvalue weighted by Crippen LogP contribution is -2.36. The van der Waals surface area contributed by atoms with Crippen LogP contribution in [-0.2, 0) is 20.1 Å². The van der Waals surface area contributed by atoms with Crippen molar-refractivity contribution in [2.45, 2.75) is 31.8 Å². The number of hydrogen-bond acceptors (Lipinski definition) is 4. The van der Waals surface area contributed by atoms with Crippen molar-refractivity contribution in [2.75, 3.05) is 7.05 Å². The molecule has 7 heteroatoms. The van der Waals surface area contributed by atoms with Crippen molar-refractivity contribution < 1.29 is 4.52 Å². The number of aryl methyl sites for hydroxylation is 1. The zero-order valence-electron chi connectivity index (χ0n) is 12.3. The van der Waals surface area contributed by atoms with Gasteiger partial charge >= 0.3 is 0 Å². The molecule has 0 amide bonds. The van der Waals surface area contributed by atoms with Crippen LogP contribution in [0.1, 0.15) is 36.0 Å². The normalized spacial score (nSPS) is 15.2. The molecule has 112 valence electrons. The van der Waals surface area contributed by atoms with Gasteiger partial charge in [0.15, 0.2) is 11.8 Å². The molecular formula is C14H20N6O. The van der Waals surface area contributed by atoms with Gasteiger partial charge in [0, 0.05) is 39.0 Å². The van der Waals surface area contributed by atoms with Crippen molar-refractivity contribution in [3.63, 3.8) is 0 Å². The lowest BCUT2D eigenvalue weighted by molar-refractivity contribution is 0.370. The van der Waals surface area contributed by atoms with Gasteiger partial charge in [-0.25, -0.2) is 0 Å². The van der Waals surface area contributed by atoms with E-state index in [0.29, 0.717) is 24.3 Å². The first-order valence-electron chi connectivity index (χ1n) is 7.12. The van der Waals surface area contributed by atoms with E-state index in [0.717, 1.165) is 12.4 Å². The summed E-state index contributed by atoms with van der Waals surface area (Å²) in [4.78, 5) is 8.55. The maximum atomic E-state index is 5.22. The average Bonchev–Trinajstić information content (AvgIpc) is 3.09. The van der Waals surface area contributed by atoms with E-state index in [1.165, 1.54) is 18.4 Å². The highest BCUT2D eigenvalue weighted by Crippen LogP contribution is 2.37. The maximum absolute atomic E-state index is 5.22. The molecule has 0 radical (unpaired) electrons. The van der Waals surface area contributed by atoms with Crippen LogP contribution in [0.25, 0.3) is 0 Å². The molecule has 1 aliphatic carbocycles. The quantitative estimate of drug-likeness (QED) is 0.637. The third kappa shape index (κ3) is 3.62. The molecular weight excluding hydrogens is 268 g/mol. The Hall–Kier alpha value is -2.31. The van der Waals surface area contributed by atoms with E-state index >= 15 is 0 Å². The fraction of sp³-hybridized carbons (Fsp3) is 0.500. The van der Waals surface area contributed by atoms with Gasteiger partial charge in [-0.2, -0.15) is 4.98 Å². The maximum Gasteiger partial charge on any atom is 0.246 e. The average molecular weight is 288 g/mol. The fourth-order valence-corrected chi connectivity index (χ4v) is 2.08. The molecule has 0 saturated heterocycles. The van der Waals surface area contributed by atoms with E-state index in [4.69, 9.17) is 4.52 Å². The van der Waals surface area contributed by atoms with Crippen LogP contribution in [-0.4, -0.2) is 27.7 Å². The number of rotatable bonds is 5. The van der Waals surface area contributed by atoms with Gasteiger partial charge in [-0.15, -0.1) is 0 Å². The molecule has 0 aliphatic heterocycles. The third-order valence-corrected chi connectivity index (χ3v) is 3.41. The minimum atomic E-state index is 0.480. The summed E-state index contributed by atoms with van der Waals surface area (Å²) < 4.78 is 7.24. The highest BCUT2D eigenvalue weighted by molar-refractivity contribution is 5.79. The van der Waals surface area contributed by atoms with Crippen LogP contribution >= 0.6 is 0 Å². The van der Waals surface area contributed by atoms with Gasteiger partial charge in [0.2, 0.25) is 5.89 Å². The van der Waals surface area contributed by atoms with Gasteiger partial charge in [-0.3, -0.25) is 4.99 Å². The lowest BCUT2D eigenvalue weighted by Gasteiger charge is -2.09. The van der Waals surface area contributed by atoms with Gasteiger partial charge < -0.3 is 19.7 Å². The smallest absolute Gasteiger partial charge is 0.246 e. The molecule has 0 atom stereocenters. The molecule has 0 spiro atoms. The summed E-state index contributed by atoms with van der Waals surface area (Å²) in [5.41, 5.74) is 1.20. The summed E-state index contributed by atoms with van der Waals surface area (Å²) in [6, 6.07) is 2.07. The topological polar surface area (TPSA) is 80.3 Å². The second kappa shape index (κ2) is 5.99. The van der Waals surface area contributed by atoms with Crippen LogP contribution in [0.15, 0.2) is 28.0 Å². The monoisotopic (exact) mass is 288 g/mol. The Morgan fingerprint density at radius 1 is 1.43 bits per heavy atom. The minimum absolute atomic E-state index is 0.480. The third-order valence-electron chi connectivity index (χ3n) is 3.41. The number of guanidine groups is 1. The molecule has 2 aromatic rings. The number of hydrogen-bond donors (Lipinski definition) is 2. The number of nitrogens with zero attached hydrogens (tertiary/aromatic N) is 4. The largest absolute Gasteiger partial charge is 0.357 e. The van der Waals surface area contributed by atoms with Crippen LogP contribution in [0.4, 0.5) is 0 Å². The van der Waals surface area contributed by atoms with E-state index in [1.807, 2.05) is 17.8 Å². The van der Waals surface area contributed by atoms with Crippen LogP contribution in [0.3, 0.4) is 0 Å². The Bertz CT molecular complexity index is 625. The first kappa shape index (κ1) is 13.7. The highest BCUT2D eigenvalue weighted by atomic mass is 16.5. The standard InChI is InChI=1S/C14H20N6O/c1-15-14(16-7-10-5-6-20(2)9-10)17-8-12-18-13(19-21-12)11-3-4-11/h5-6,9,11H,3-4,7-8H2,1-2H3,(H2,15,16,17). The van der Waals surface area contributed by atoms with Gasteiger partial charge in [0.25, 0.3) is 0 Å². The van der Waals surface area contributed by atoms with Crippen molar-refractivity contribution in [2.24, 2.45) is 12.0 Å². The molecule has 0 aromatic carbocycles. The Kier molecular flexibility index (Phi) is 3.89. The molecule has 3 rings (SSSR count). The number of aromatic nitrogens is 3. The highest BCUT2D eigenvalue weighted by Gasteiger charge is 2.28. The molecule has 1 aliphatic rings. The molecule has 0 bridgehead atoms. The van der Waals surface area contributed by atoms with Gasteiger partial charge in [-0.05, 0) is 24.5 Å². The van der Waals surface area contributed by atoms with Gasteiger partial charge in [-0.1, -0.05) is 5.16 Å². The predicted molar refractivity (Wildman–Crippen MR) is 78.7 cm³/mol. The summed E-state index contributed by atoms with van der Waals surface area (Å²) in [6.45, 7) is 1.20. The Morgan fingerprint density at radius 2 is 2.24 bits per heavy atom. The van der Waals surface area contributed by atoms with Gasteiger partial charge in [0.1, 0.15) is 0 Å². The van der Waals surface area contributed by atoms with E-state index in [-0.39, 0.29) is 0 Å². The Labute approximate surface area is 123 Å². The molecule has 2 heterocycles. The van der Waals surface area contributed by atoms with Crippen molar-refractivity contribution >= 4 is 5.96 Å². The van der Waals surface area contributed by atoms with E-state index < -0.39 is 0 Å². The predicted octanol–water partition coefficient (Wildman–Crippen LogP) is 1.15. The zero-order valence-corrected chi connectivity index (χ0v) is 12.3. The lowest BCUT2D eigenvalue weighted by atomic mass is 10.3. The van der Waals surface area contributed by atoms with E-state index in [9.17, 15) is 0 Å². The zero-order chi connectivity index (χ0) is 14.7. The van der Waals surface area contributed by atoms with Crippen molar-refractivity contribution in [3.8, 4) is 0 Å². The molecule has 2 aromatic heterocycles. The van der Waals surface area contributed by atoms with E-state index in [1.54, 1.807) is 7.05 Å². The fourth-order valence-electron chi connectivity index (χ4n) is 2.08. The Balaban J connectivity index is 1.47. The number of nitrogens with one attached hydrogen (secondary N) is 2. The van der Waals surface area contributed by atoms with Crippen molar-refractivity contribution in [1.82, 2.24) is 25.3 Å².